The van der Waals surface area contributed by atoms with Gasteiger partial charge in [-0.05, 0) is 25.1 Å². The van der Waals surface area contributed by atoms with E-state index in [1.54, 1.807) is 24.5 Å². The average molecular weight is 368 g/mol. The maximum atomic E-state index is 12.1. The van der Waals surface area contributed by atoms with Gasteiger partial charge in [-0.2, -0.15) is 0 Å². The first-order valence-corrected chi connectivity index (χ1v) is 9.92. The molecule has 0 saturated carbocycles. The number of nitrogens with zero attached hydrogens (tertiary/aromatic N) is 3. The second-order valence-electron chi connectivity index (χ2n) is 5.95. The van der Waals surface area contributed by atoms with Crippen molar-refractivity contribution >= 4 is 9.84 Å². The van der Waals surface area contributed by atoms with E-state index in [4.69, 9.17) is 0 Å². The Bertz CT molecular complexity index is 958. The summed E-state index contributed by atoms with van der Waals surface area (Å²) in [6.45, 7) is 2.87. The Balaban J connectivity index is 1.53. The molecule has 0 aliphatic rings. The highest BCUT2D eigenvalue weighted by Crippen LogP contribution is 2.15. The summed E-state index contributed by atoms with van der Waals surface area (Å²) in [5.74, 6) is 0.668. The number of aryl methyl sites for hydroxylation is 1. The second-order valence-corrected chi connectivity index (χ2v) is 8.00. The second kappa shape index (κ2) is 8.16. The Morgan fingerprint density at radius 1 is 1.00 bits per heavy atom. The molecular weight excluding hydrogens is 348 g/mol. The van der Waals surface area contributed by atoms with E-state index in [0.29, 0.717) is 18.9 Å². The van der Waals surface area contributed by atoms with Crippen LogP contribution in [0.4, 0.5) is 0 Å². The Kier molecular flexibility index (Phi) is 5.70. The number of rotatable bonds is 7. The van der Waals surface area contributed by atoms with Gasteiger partial charge in [0, 0.05) is 42.8 Å². The van der Waals surface area contributed by atoms with Crippen molar-refractivity contribution in [2.24, 2.45) is 0 Å². The minimum atomic E-state index is -3.37. The molecule has 0 amide bonds. The summed E-state index contributed by atoms with van der Waals surface area (Å²) >= 11 is 0. The van der Waals surface area contributed by atoms with Gasteiger partial charge < -0.3 is 5.32 Å². The lowest BCUT2D eigenvalue weighted by Gasteiger charge is -2.06. The van der Waals surface area contributed by atoms with Gasteiger partial charge in [0.1, 0.15) is 0 Å². The molecule has 7 heteroatoms. The van der Waals surface area contributed by atoms with Crippen LogP contribution in [-0.2, 0) is 16.4 Å². The van der Waals surface area contributed by atoms with Crippen molar-refractivity contribution in [3.8, 4) is 11.4 Å². The lowest BCUT2D eigenvalue weighted by Crippen LogP contribution is -2.23. The molecule has 0 spiro atoms. The van der Waals surface area contributed by atoms with Crippen LogP contribution in [0.3, 0.4) is 0 Å². The highest BCUT2D eigenvalue weighted by atomic mass is 32.2. The monoisotopic (exact) mass is 368 g/mol. The quantitative estimate of drug-likeness (QED) is 0.645. The molecule has 0 aliphatic carbocycles. The Morgan fingerprint density at radius 2 is 1.81 bits per heavy atom. The maximum Gasteiger partial charge on any atom is 0.196 e. The Morgan fingerprint density at radius 3 is 2.50 bits per heavy atom. The van der Waals surface area contributed by atoms with E-state index < -0.39 is 9.84 Å². The molecule has 0 bridgehead atoms. The fourth-order valence-corrected chi connectivity index (χ4v) is 3.58. The highest BCUT2D eigenvalue weighted by Gasteiger charge is 2.14. The topological polar surface area (TPSA) is 84.8 Å². The number of nitrogens with one attached hydrogen (secondary N) is 1. The van der Waals surface area contributed by atoms with E-state index >= 15 is 0 Å². The average Bonchev–Trinajstić information content (AvgIpc) is 2.66. The molecule has 0 aliphatic heterocycles. The molecule has 0 fully saturated rings. The first-order chi connectivity index (χ1) is 12.5. The zero-order valence-electron chi connectivity index (χ0n) is 14.5. The standard InChI is InChI=1S/C19H20N4O2S/c1-15-5-4-6-17(11-15)19-22-13-16(14-23-19)12-20-9-10-26(24,25)18-7-2-3-8-21-18/h2-8,11,13-14,20H,9-10,12H2,1H3. The van der Waals surface area contributed by atoms with Gasteiger partial charge in [-0.15, -0.1) is 0 Å². The number of hydrogen-bond donors (Lipinski definition) is 1. The minimum absolute atomic E-state index is 0.00769. The van der Waals surface area contributed by atoms with Gasteiger partial charge in [-0.25, -0.2) is 23.4 Å². The van der Waals surface area contributed by atoms with Crippen molar-refractivity contribution < 1.29 is 8.42 Å². The molecule has 2 aromatic heterocycles. The van der Waals surface area contributed by atoms with Crippen molar-refractivity contribution in [1.29, 1.82) is 0 Å². The summed E-state index contributed by atoms with van der Waals surface area (Å²) in [4.78, 5) is 12.7. The van der Waals surface area contributed by atoms with Gasteiger partial charge >= 0.3 is 0 Å². The molecule has 0 atom stereocenters. The zero-order chi connectivity index (χ0) is 18.4. The lowest BCUT2D eigenvalue weighted by molar-refractivity contribution is 0.587. The normalized spacial score (nSPS) is 11.4. The molecule has 1 aromatic carbocycles. The third-order valence-electron chi connectivity index (χ3n) is 3.81. The molecule has 3 aromatic rings. The Labute approximate surface area is 153 Å². The largest absolute Gasteiger partial charge is 0.312 e. The molecule has 0 unspecified atom stereocenters. The first-order valence-electron chi connectivity index (χ1n) is 8.27. The molecule has 2 heterocycles. The minimum Gasteiger partial charge on any atom is -0.312 e. The molecule has 1 N–H and O–H groups in total. The van der Waals surface area contributed by atoms with Crippen LogP contribution in [0.2, 0.25) is 0 Å². The molecule has 26 heavy (non-hydrogen) atoms. The van der Waals surface area contributed by atoms with Crippen molar-refractivity contribution in [2.75, 3.05) is 12.3 Å². The van der Waals surface area contributed by atoms with E-state index in [-0.39, 0.29) is 10.8 Å². The van der Waals surface area contributed by atoms with Crippen LogP contribution in [0.5, 0.6) is 0 Å². The van der Waals surface area contributed by atoms with Gasteiger partial charge in [0.25, 0.3) is 0 Å². The number of hydrogen-bond acceptors (Lipinski definition) is 6. The van der Waals surface area contributed by atoms with Gasteiger partial charge in [0.15, 0.2) is 20.7 Å². The third-order valence-corrected chi connectivity index (χ3v) is 5.44. The molecule has 3 rings (SSSR count). The number of sulfone groups is 1. The van der Waals surface area contributed by atoms with Crippen LogP contribution in [0.15, 0.2) is 66.1 Å². The van der Waals surface area contributed by atoms with Gasteiger partial charge in [0.05, 0.1) is 5.75 Å². The van der Waals surface area contributed by atoms with Gasteiger partial charge in [0.2, 0.25) is 0 Å². The van der Waals surface area contributed by atoms with Crippen LogP contribution < -0.4 is 5.32 Å². The Hall–Kier alpha value is -2.64. The van der Waals surface area contributed by atoms with E-state index in [0.717, 1.165) is 16.7 Å². The number of pyridine rings is 1. The summed E-state index contributed by atoms with van der Waals surface area (Å²) in [5.41, 5.74) is 3.04. The van der Waals surface area contributed by atoms with E-state index in [1.165, 1.54) is 12.3 Å². The van der Waals surface area contributed by atoms with Crippen molar-refractivity contribution in [3.63, 3.8) is 0 Å². The zero-order valence-corrected chi connectivity index (χ0v) is 15.3. The van der Waals surface area contributed by atoms with Crippen molar-refractivity contribution in [2.45, 2.75) is 18.5 Å². The molecule has 134 valence electrons. The summed E-state index contributed by atoms with van der Waals surface area (Å²) < 4.78 is 24.3. The highest BCUT2D eigenvalue weighted by molar-refractivity contribution is 7.91. The van der Waals surface area contributed by atoms with Gasteiger partial charge in [-0.3, -0.25) is 0 Å². The lowest BCUT2D eigenvalue weighted by atomic mass is 10.1. The summed E-state index contributed by atoms with van der Waals surface area (Å²) in [5, 5.41) is 3.21. The summed E-state index contributed by atoms with van der Waals surface area (Å²) in [6, 6.07) is 12.9. The van der Waals surface area contributed by atoms with Crippen molar-refractivity contribution in [1.82, 2.24) is 20.3 Å². The SMILES string of the molecule is Cc1cccc(-c2ncc(CNCCS(=O)(=O)c3ccccn3)cn2)c1. The van der Waals surface area contributed by atoms with E-state index in [2.05, 4.69) is 20.3 Å². The maximum absolute atomic E-state index is 12.1. The van der Waals surface area contributed by atoms with Gasteiger partial charge in [-0.1, -0.05) is 29.8 Å². The van der Waals surface area contributed by atoms with E-state index in [1.807, 2.05) is 31.2 Å². The van der Waals surface area contributed by atoms with Crippen molar-refractivity contribution in [3.05, 3.63) is 72.2 Å². The summed E-state index contributed by atoms with van der Waals surface area (Å²) in [7, 11) is -3.37. The van der Waals surface area contributed by atoms with Crippen LogP contribution >= 0.6 is 0 Å². The summed E-state index contributed by atoms with van der Waals surface area (Å²) in [6.07, 6.45) is 4.99. The molecule has 6 nitrogen and oxygen atoms in total. The van der Waals surface area contributed by atoms with Crippen LogP contribution in [0.1, 0.15) is 11.1 Å². The molecule has 0 saturated heterocycles. The number of benzene rings is 1. The predicted octanol–water partition coefficient (Wildman–Crippen LogP) is 2.41. The number of aromatic nitrogens is 3. The third kappa shape index (κ3) is 4.71. The van der Waals surface area contributed by atoms with Crippen LogP contribution in [0.25, 0.3) is 11.4 Å². The predicted molar refractivity (Wildman–Crippen MR) is 100 cm³/mol. The smallest absolute Gasteiger partial charge is 0.196 e. The first kappa shape index (κ1) is 18.2. The molecule has 0 radical (unpaired) electrons. The fourth-order valence-electron chi connectivity index (χ4n) is 2.45. The van der Waals surface area contributed by atoms with E-state index in [9.17, 15) is 8.42 Å². The van der Waals surface area contributed by atoms with Crippen LogP contribution in [0, 0.1) is 6.92 Å². The fraction of sp³-hybridized carbons (Fsp3) is 0.211. The molecular formula is C19H20N4O2S. The van der Waals surface area contributed by atoms with Crippen LogP contribution in [-0.4, -0.2) is 35.7 Å².